The molecule has 6 nitrogen and oxygen atoms in total. The van der Waals surface area contributed by atoms with Gasteiger partial charge in [-0.1, -0.05) is 23.9 Å². The highest BCUT2D eigenvalue weighted by Gasteiger charge is 2.24. The molecule has 148 valence electrons. The zero-order chi connectivity index (χ0) is 19.8. The quantitative estimate of drug-likeness (QED) is 0.489. The molecule has 0 aliphatic carbocycles. The monoisotopic (exact) mass is 417 g/mol. The van der Waals surface area contributed by atoms with Gasteiger partial charge in [-0.3, -0.25) is 9.36 Å². The van der Waals surface area contributed by atoms with Crippen LogP contribution in [-0.2, 0) is 13.0 Å². The summed E-state index contributed by atoms with van der Waals surface area (Å²) in [5.41, 5.74) is 2.90. The van der Waals surface area contributed by atoms with E-state index in [1.54, 1.807) is 15.9 Å². The molecule has 1 aliphatic heterocycles. The van der Waals surface area contributed by atoms with Gasteiger partial charge in [-0.2, -0.15) is 0 Å². The van der Waals surface area contributed by atoms with Crippen LogP contribution in [0.15, 0.2) is 34.2 Å². The number of benzene rings is 1. The van der Waals surface area contributed by atoms with Crippen LogP contribution in [0.4, 0.5) is 0 Å². The third kappa shape index (κ3) is 3.62. The zero-order valence-electron chi connectivity index (χ0n) is 15.9. The standard InChI is InChI=1S/C20H23N3O3S2/c1-12-4-3-5-13(8-12)23-19(26)17-15-6-7-22(2)9-16(15)28-18(17)21-20(23)27-11-14(25)10-24/h3-5,8,14,24-25H,6-7,9-11H2,1-2H3. The summed E-state index contributed by atoms with van der Waals surface area (Å²) in [5, 5.41) is 20.2. The first-order chi connectivity index (χ1) is 13.5. The lowest BCUT2D eigenvalue weighted by Crippen LogP contribution is -2.27. The summed E-state index contributed by atoms with van der Waals surface area (Å²) < 4.78 is 1.65. The fourth-order valence-corrected chi connectivity index (χ4v) is 5.73. The van der Waals surface area contributed by atoms with Crippen LogP contribution in [-0.4, -0.2) is 56.7 Å². The van der Waals surface area contributed by atoms with Gasteiger partial charge in [-0.15, -0.1) is 11.3 Å². The second-order valence-corrected chi connectivity index (χ2v) is 9.26. The molecular weight excluding hydrogens is 394 g/mol. The summed E-state index contributed by atoms with van der Waals surface area (Å²) in [5.74, 6) is 0.272. The minimum atomic E-state index is -0.853. The van der Waals surface area contributed by atoms with Crippen LogP contribution in [0.1, 0.15) is 16.0 Å². The van der Waals surface area contributed by atoms with Crippen molar-refractivity contribution in [2.75, 3.05) is 26.0 Å². The average Bonchev–Trinajstić information content (AvgIpc) is 3.03. The Morgan fingerprint density at radius 1 is 1.39 bits per heavy atom. The Morgan fingerprint density at radius 3 is 2.96 bits per heavy atom. The maximum absolute atomic E-state index is 13.6. The van der Waals surface area contributed by atoms with E-state index in [9.17, 15) is 9.90 Å². The van der Waals surface area contributed by atoms with Crippen LogP contribution < -0.4 is 5.56 Å². The van der Waals surface area contributed by atoms with Crippen molar-refractivity contribution in [2.24, 2.45) is 0 Å². The lowest BCUT2D eigenvalue weighted by atomic mass is 10.1. The van der Waals surface area contributed by atoms with Gasteiger partial charge in [0.05, 0.1) is 23.8 Å². The van der Waals surface area contributed by atoms with Crippen molar-refractivity contribution in [1.82, 2.24) is 14.5 Å². The van der Waals surface area contributed by atoms with Crippen LogP contribution in [0, 0.1) is 6.92 Å². The highest BCUT2D eigenvalue weighted by Crippen LogP contribution is 2.34. The second-order valence-electron chi connectivity index (χ2n) is 7.19. The Labute approximate surface area is 171 Å². The Balaban J connectivity index is 1.92. The minimum Gasteiger partial charge on any atom is -0.394 e. The molecule has 0 fully saturated rings. The van der Waals surface area contributed by atoms with Crippen molar-refractivity contribution in [1.29, 1.82) is 0 Å². The number of thiophene rings is 1. The number of fused-ring (bicyclic) bond motifs is 3. The van der Waals surface area contributed by atoms with E-state index in [4.69, 9.17) is 10.1 Å². The molecule has 2 N–H and O–H groups in total. The smallest absolute Gasteiger partial charge is 0.267 e. The SMILES string of the molecule is Cc1cccc(-n2c(SCC(O)CO)nc3sc4c(c3c2=O)CCN(C)C4)c1. The number of likely N-dealkylation sites (N-methyl/N-ethyl adjacent to an activating group) is 1. The molecule has 8 heteroatoms. The van der Waals surface area contributed by atoms with Gasteiger partial charge in [-0.25, -0.2) is 4.98 Å². The Bertz CT molecular complexity index is 1080. The third-order valence-electron chi connectivity index (χ3n) is 4.91. The zero-order valence-corrected chi connectivity index (χ0v) is 17.5. The summed E-state index contributed by atoms with van der Waals surface area (Å²) in [6.07, 6.45) is 0.000449. The Hall–Kier alpha value is -1.71. The van der Waals surface area contributed by atoms with E-state index >= 15 is 0 Å². The van der Waals surface area contributed by atoms with Crippen LogP contribution in [0.3, 0.4) is 0 Å². The summed E-state index contributed by atoms with van der Waals surface area (Å²) >= 11 is 2.88. The molecule has 0 spiro atoms. The Kier molecular flexibility index (Phi) is 5.57. The summed E-state index contributed by atoms with van der Waals surface area (Å²) in [6.45, 7) is 3.45. The molecule has 0 amide bonds. The summed E-state index contributed by atoms with van der Waals surface area (Å²) in [6, 6.07) is 7.79. The molecule has 3 aromatic rings. The Morgan fingerprint density at radius 2 is 2.21 bits per heavy atom. The predicted octanol–water partition coefficient (Wildman–Crippen LogP) is 2.19. The fourth-order valence-electron chi connectivity index (χ4n) is 3.47. The number of hydrogen-bond donors (Lipinski definition) is 2. The number of hydrogen-bond acceptors (Lipinski definition) is 7. The molecule has 1 aliphatic rings. The van der Waals surface area contributed by atoms with Gasteiger partial charge in [0.2, 0.25) is 0 Å². The van der Waals surface area contributed by atoms with Gasteiger partial charge in [0.15, 0.2) is 5.16 Å². The molecule has 1 unspecified atom stereocenters. The topological polar surface area (TPSA) is 78.6 Å². The van der Waals surface area contributed by atoms with E-state index in [0.29, 0.717) is 5.16 Å². The minimum absolute atomic E-state index is 0.0568. The van der Waals surface area contributed by atoms with Crippen LogP contribution in [0.2, 0.25) is 0 Å². The molecule has 28 heavy (non-hydrogen) atoms. The van der Waals surface area contributed by atoms with Crippen LogP contribution in [0.25, 0.3) is 15.9 Å². The number of nitrogens with zero attached hydrogens (tertiary/aromatic N) is 3. The van der Waals surface area contributed by atoms with Crippen LogP contribution >= 0.6 is 23.1 Å². The molecular formula is C20H23N3O3S2. The van der Waals surface area contributed by atoms with Crippen molar-refractivity contribution in [2.45, 2.75) is 31.1 Å². The number of rotatable bonds is 5. The van der Waals surface area contributed by atoms with E-state index in [0.717, 1.165) is 46.5 Å². The van der Waals surface area contributed by atoms with Gasteiger partial charge in [0.1, 0.15) is 4.83 Å². The molecule has 0 saturated heterocycles. The highest BCUT2D eigenvalue weighted by atomic mass is 32.2. The van der Waals surface area contributed by atoms with E-state index in [2.05, 4.69) is 11.9 Å². The summed E-state index contributed by atoms with van der Waals surface area (Å²) in [7, 11) is 2.09. The molecule has 0 saturated carbocycles. The first-order valence-corrected chi connectivity index (χ1v) is 11.0. The lowest BCUT2D eigenvalue weighted by molar-refractivity contribution is 0.113. The maximum Gasteiger partial charge on any atom is 0.267 e. The highest BCUT2D eigenvalue weighted by molar-refractivity contribution is 7.99. The van der Waals surface area contributed by atoms with Crippen LogP contribution in [0.5, 0.6) is 0 Å². The molecule has 4 rings (SSSR count). The van der Waals surface area contributed by atoms with E-state index < -0.39 is 6.10 Å². The second kappa shape index (κ2) is 7.96. The van der Waals surface area contributed by atoms with Crippen molar-refractivity contribution in [3.05, 3.63) is 50.6 Å². The number of aryl methyl sites for hydroxylation is 1. The molecule has 0 bridgehead atoms. The van der Waals surface area contributed by atoms with E-state index in [1.165, 1.54) is 16.6 Å². The van der Waals surface area contributed by atoms with Gasteiger partial charge < -0.3 is 15.1 Å². The first kappa shape index (κ1) is 19.6. The largest absolute Gasteiger partial charge is 0.394 e. The lowest BCUT2D eigenvalue weighted by Gasteiger charge is -2.21. The maximum atomic E-state index is 13.6. The van der Waals surface area contributed by atoms with Gasteiger partial charge in [-0.05, 0) is 43.7 Å². The third-order valence-corrected chi connectivity index (χ3v) is 7.10. The molecule has 3 heterocycles. The van der Waals surface area contributed by atoms with Gasteiger partial charge in [0, 0.05) is 23.7 Å². The fraction of sp³-hybridized carbons (Fsp3) is 0.400. The molecule has 2 aromatic heterocycles. The summed E-state index contributed by atoms with van der Waals surface area (Å²) in [4.78, 5) is 22.6. The number of aliphatic hydroxyl groups excluding tert-OH is 2. The van der Waals surface area contributed by atoms with Crippen molar-refractivity contribution < 1.29 is 10.2 Å². The van der Waals surface area contributed by atoms with Gasteiger partial charge in [0.25, 0.3) is 5.56 Å². The van der Waals surface area contributed by atoms with Crippen molar-refractivity contribution in [3.8, 4) is 5.69 Å². The van der Waals surface area contributed by atoms with Gasteiger partial charge >= 0.3 is 0 Å². The first-order valence-electron chi connectivity index (χ1n) is 9.22. The number of aliphatic hydroxyl groups is 2. The number of thioether (sulfide) groups is 1. The van der Waals surface area contributed by atoms with Crippen molar-refractivity contribution in [3.63, 3.8) is 0 Å². The predicted molar refractivity (Wildman–Crippen MR) is 114 cm³/mol. The van der Waals surface area contributed by atoms with E-state index in [-0.39, 0.29) is 17.9 Å². The normalized spacial score (nSPS) is 15.7. The van der Waals surface area contributed by atoms with E-state index in [1.807, 2.05) is 31.2 Å². The number of aromatic nitrogens is 2. The molecule has 1 atom stereocenters. The van der Waals surface area contributed by atoms with Crippen molar-refractivity contribution >= 4 is 33.3 Å². The molecule has 0 radical (unpaired) electrons. The molecule has 1 aromatic carbocycles. The average molecular weight is 418 g/mol.